The van der Waals surface area contributed by atoms with E-state index in [-0.39, 0.29) is 28.9 Å². The van der Waals surface area contributed by atoms with E-state index in [0.717, 1.165) is 16.1 Å². The Bertz CT molecular complexity index is 999. The van der Waals surface area contributed by atoms with Gasteiger partial charge in [0.1, 0.15) is 18.4 Å². The van der Waals surface area contributed by atoms with Gasteiger partial charge in [0.2, 0.25) is 15.9 Å². The number of rotatable bonds is 8. The standard InChI is InChI=1S/C19H21Cl3N2O4S/c1-12-4-6-15(11-17(12)21)28-9-8-23-19(25)13(2)24(29(3,26)27)14-5-7-16(20)18(22)10-14/h4-7,10-11,13H,8-9H2,1-3H3,(H,23,25). The number of amides is 1. The minimum atomic E-state index is -3.75. The van der Waals surface area contributed by atoms with Crippen LogP contribution in [0, 0.1) is 6.92 Å². The third-order valence-electron chi connectivity index (χ3n) is 4.06. The second-order valence-corrected chi connectivity index (χ2v) is 9.46. The Labute approximate surface area is 185 Å². The topological polar surface area (TPSA) is 75.7 Å². The summed E-state index contributed by atoms with van der Waals surface area (Å²) in [5.41, 5.74) is 1.18. The van der Waals surface area contributed by atoms with Crippen molar-refractivity contribution < 1.29 is 17.9 Å². The van der Waals surface area contributed by atoms with Gasteiger partial charge in [0, 0.05) is 5.02 Å². The predicted octanol–water partition coefficient (Wildman–Crippen LogP) is 4.30. The molecule has 10 heteroatoms. The van der Waals surface area contributed by atoms with Crippen LogP contribution in [0.3, 0.4) is 0 Å². The van der Waals surface area contributed by atoms with E-state index >= 15 is 0 Å². The fraction of sp³-hybridized carbons (Fsp3) is 0.316. The number of ether oxygens (including phenoxy) is 1. The molecule has 1 atom stereocenters. The molecule has 2 aromatic carbocycles. The number of hydrogen-bond acceptors (Lipinski definition) is 4. The maximum atomic E-state index is 12.5. The molecule has 2 aromatic rings. The van der Waals surface area contributed by atoms with E-state index in [4.69, 9.17) is 39.5 Å². The van der Waals surface area contributed by atoms with Crippen molar-refractivity contribution in [1.82, 2.24) is 5.32 Å². The van der Waals surface area contributed by atoms with Crippen LogP contribution < -0.4 is 14.4 Å². The summed E-state index contributed by atoms with van der Waals surface area (Å²) < 4.78 is 31.1. The number of carbonyl (C=O) groups excluding carboxylic acids is 1. The smallest absolute Gasteiger partial charge is 0.243 e. The molecular formula is C19H21Cl3N2O4S. The average molecular weight is 480 g/mol. The van der Waals surface area contributed by atoms with Gasteiger partial charge >= 0.3 is 0 Å². The largest absolute Gasteiger partial charge is 0.492 e. The predicted molar refractivity (Wildman–Crippen MR) is 118 cm³/mol. The molecule has 0 heterocycles. The van der Waals surface area contributed by atoms with E-state index in [0.29, 0.717) is 10.8 Å². The normalized spacial score (nSPS) is 12.3. The van der Waals surface area contributed by atoms with Gasteiger partial charge in [-0.1, -0.05) is 40.9 Å². The van der Waals surface area contributed by atoms with Crippen LogP contribution in [-0.4, -0.2) is 39.8 Å². The van der Waals surface area contributed by atoms with Crippen molar-refractivity contribution in [1.29, 1.82) is 0 Å². The highest BCUT2D eigenvalue weighted by Crippen LogP contribution is 2.29. The van der Waals surface area contributed by atoms with Gasteiger partial charge in [0.15, 0.2) is 0 Å². The second-order valence-electron chi connectivity index (χ2n) is 6.38. The van der Waals surface area contributed by atoms with Crippen molar-refractivity contribution in [3.8, 4) is 5.75 Å². The van der Waals surface area contributed by atoms with Gasteiger partial charge in [0.05, 0.1) is 28.5 Å². The van der Waals surface area contributed by atoms with Gasteiger partial charge in [0.25, 0.3) is 0 Å². The molecular weight excluding hydrogens is 459 g/mol. The number of nitrogens with zero attached hydrogens (tertiary/aromatic N) is 1. The highest BCUT2D eigenvalue weighted by molar-refractivity contribution is 7.92. The Hall–Kier alpha value is -1.67. The van der Waals surface area contributed by atoms with Crippen LogP contribution in [0.2, 0.25) is 15.1 Å². The van der Waals surface area contributed by atoms with Gasteiger partial charge < -0.3 is 10.1 Å². The molecule has 0 saturated heterocycles. The van der Waals surface area contributed by atoms with Crippen LogP contribution >= 0.6 is 34.8 Å². The third kappa shape index (κ3) is 6.40. The third-order valence-corrected chi connectivity index (χ3v) is 6.45. The number of nitrogens with one attached hydrogen (secondary N) is 1. The molecule has 0 spiro atoms. The molecule has 0 fully saturated rings. The van der Waals surface area contributed by atoms with Gasteiger partial charge in [-0.15, -0.1) is 0 Å². The first-order valence-electron chi connectivity index (χ1n) is 8.62. The minimum absolute atomic E-state index is 0.188. The van der Waals surface area contributed by atoms with E-state index < -0.39 is 22.0 Å². The number of sulfonamides is 1. The lowest BCUT2D eigenvalue weighted by Crippen LogP contribution is -2.48. The Morgan fingerprint density at radius 3 is 2.38 bits per heavy atom. The fourth-order valence-electron chi connectivity index (χ4n) is 2.59. The van der Waals surface area contributed by atoms with Crippen LogP contribution in [-0.2, 0) is 14.8 Å². The summed E-state index contributed by atoms with van der Waals surface area (Å²) in [6.07, 6.45) is 1.02. The molecule has 1 unspecified atom stereocenters. The van der Waals surface area contributed by atoms with Crippen molar-refractivity contribution in [2.75, 3.05) is 23.7 Å². The Balaban J connectivity index is 2.01. The molecule has 1 N–H and O–H groups in total. The Morgan fingerprint density at radius 2 is 1.79 bits per heavy atom. The van der Waals surface area contributed by atoms with E-state index in [1.165, 1.54) is 25.1 Å². The zero-order valence-electron chi connectivity index (χ0n) is 16.1. The van der Waals surface area contributed by atoms with Gasteiger partial charge in [-0.3, -0.25) is 9.10 Å². The van der Waals surface area contributed by atoms with E-state index in [2.05, 4.69) is 5.32 Å². The number of benzene rings is 2. The molecule has 6 nitrogen and oxygen atoms in total. The molecule has 0 saturated carbocycles. The molecule has 0 bridgehead atoms. The maximum Gasteiger partial charge on any atom is 0.243 e. The molecule has 0 radical (unpaired) electrons. The summed E-state index contributed by atoms with van der Waals surface area (Å²) in [7, 11) is -3.75. The molecule has 1 amide bonds. The van der Waals surface area contributed by atoms with Gasteiger partial charge in [-0.25, -0.2) is 8.42 Å². The number of hydrogen-bond donors (Lipinski definition) is 1. The molecule has 29 heavy (non-hydrogen) atoms. The second kappa shape index (κ2) is 9.89. The Morgan fingerprint density at radius 1 is 1.10 bits per heavy atom. The molecule has 158 valence electrons. The number of aryl methyl sites for hydroxylation is 1. The first-order valence-corrected chi connectivity index (χ1v) is 11.6. The number of carbonyl (C=O) groups is 1. The van der Waals surface area contributed by atoms with Gasteiger partial charge in [-0.2, -0.15) is 0 Å². The lowest BCUT2D eigenvalue weighted by atomic mass is 10.2. The summed E-state index contributed by atoms with van der Waals surface area (Å²) in [4.78, 5) is 12.5. The quantitative estimate of drug-likeness (QED) is 0.573. The first kappa shape index (κ1) is 23.6. The van der Waals surface area contributed by atoms with Crippen molar-refractivity contribution >= 4 is 56.4 Å². The van der Waals surface area contributed by atoms with Gasteiger partial charge in [-0.05, 0) is 49.7 Å². The monoisotopic (exact) mass is 478 g/mol. The van der Waals surface area contributed by atoms with Crippen molar-refractivity contribution in [3.63, 3.8) is 0 Å². The van der Waals surface area contributed by atoms with E-state index in [9.17, 15) is 13.2 Å². The fourth-order valence-corrected chi connectivity index (χ4v) is 4.21. The van der Waals surface area contributed by atoms with Crippen LogP contribution in [0.1, 0.15) is 12.5 Å². The van der Waals surface area contributed by atoms with Crippen LogP contribution in [0.25, 0.3) is 0 Å². The van der Waals surface area contributed by atoms with E-state index in [1.807, 2.05) is 13.0 Å². The maximum absolute atomic E-state index is 12.5. The van der Waals surface area contributed by atoms with Crippen molar-refractivity contribution in [3.05, 3.63) is 57.0 Å². The van der Waals surface area contributed by atoms with Crippen LogP contribution in [0.5, 0.6) is 5.75 Å². The molecule has 0 aliphatic heterocycles. The molecule has 0 aliphatic carbocycles. The molecule has 0 aliphatic rings. The van der Waals surface area contributed by atoms with Crippen LogP contribution in [0.4, 0.5) is 5.69 Å². The SMILES string of the molecule is Cc1ccc(OCCNC(=O)C(C)N(c2ccc(Cl)c(Cl)c2)S(C)(=O)=O)cc1Cl. The Kier molecular flexibility index (Phi) is 8.05. The average Bonchev–Trinajstić information content (AvgIpc) is 2.63. The first-order chi connectivity index (χ1) is 13.5. The lowest BCUT2D eigenvalue weighted by Gasteiger charge is -2.28. The highest BCUT2D eigenvalue weighted by atomic mass is 35.5. The zero-order chi connectivity index (χ0) is 21.8. The van der Waals surface area contributed by atoms with Crippen molar-refractivity contribution in [2.45, 2.75) is 19.9 Å². The number of anilines is 1. The highest BCUT2D eigenvalue weighted by Gasteiger charge is 2.29. The summed E-state index contributed by atoms with van der Waals surface area (Å²) in [5.74, 6) is 0.100. The summed E-state index contributed by atoms with van der Waals surface area (Å²) in [5, 5.41) is 3.73. The summed E-state index contributed by atoms with van der Waals surface area (Å²) >= 11 is 17.9. The van der Waals surface area contributed by atoms with Crippen molar-refractivity contribution in [2.24, 2.45) is 0 Å². The minimum Gasteiger partial charge on any atom is -0.492 e. The lowest BCUT2D eigenvalue weighted by molar-refractivity contribution is -0.121. The van der Waals surface area contributed by atoms with E-state index in [1.54, 1.807) is 12.1 Å². The zero-order valence-corrected chi connectivity index (χ0v) is 19.2. The van der Waals surface area contributed by atoms with Crippen LogP contribution in [0.15, 0.2) is 36.4 Å². The summed E-state index contributed by atoms with van der Waals surface area (Å²) in [6, 6.07) is 8.67. The molecule has 0 aromatic heterocycles. The summed E-state index contributed by atoms with van der Waals surface area (Å²) in [6.45, 7) is 3.76. The molecule has 2 rings (SSSR count). The number of halogens is 3.